The molecule has 0 aliphatic carbocycles. The van der Waals surface area contributed by atoms with Gasteiger partial charge in [0.2, 0.25) is 0 Å². The van der Waals surface area contributed by atoms with E-state index in [1.165, 1.54) is 11.3 Å². The SMILES string of the molecule is O=C(Nc1nc(CN2CCOCC2)cs1)c1cccc2cccnc12. The number of hydrogen-bond acceptors (Lipinski definition) is 6. The highest BCUT2D eigenvalue weighted by molar-refractivity contribution is 7.14. The number of amides is 1. The van der Waals surface area contributed by atoms with Crippen LogP contribution in [-0.4, -0.2) is 47.1 Å². The molecule has 0 spiro atoms. The number of ether oxygens (including phenoxy) is 1. The maximum Gasteiger partial charge on any atom is 0.259 e. The van der Waals surface area contributed by atoms with E-state index in [-0.39, 0.29) is 5.91 Å². The summed E-state index contributed by atoms with van der Waals surface area (Å²) in [5.74, 6) is -0.184. The smallest absolute Gasteiger partial charge is 0.259 e. The zero-order valence-corrected chi connectivity index (χ0v) is 14.5. The summed E-state index contributed by atoms with van der Waals surface area (Å²) in [6, 6.07) is 9.41. The van der Waals surface area contributed by atoms with Gasteiger partial charge in [0.05, 0.1) is 30.0 Å². The predicted molar refractivity (Wildman–Crippen MR) is 97.9 cm³/mol. The number of hydrogen-bond donors (Lipinski definition) is 1. The molecule has 0 radical (unpaired) electrons. The minimum Gasteiger partial charge on any atom is -0.379 e. The predicted octanol–water partition coefficient (Wildman–Crippen LogP) is 2.78. The van der Waals surface area contributed by atoms with Gasteiger partial charge in [-0.05, 0) is 12.1 Å². The first-order chi connectivity index (χ1) is 12.3. The third kappa shape index (κ3) is 3.68. The Hall–Kier alpha value is -2.35. The van der Waals surface area contributed by atoms with Gasteiger partial charge in [-0.25, -0.2) is 4.98 Å². The number of benzene rings is 1. The molecule has 1 aliphatic heterocycles. The highest BCUT2D eigenvalue weighted by Gasteiger charge is 2.15. The largest absolute Gasteiger partial charge is 0.379 e. The Morgan fingerprint density at radius 3 is 2.96 bits per heavy atom. The summed E-state index contributed by atoms with van der Waals surface area (Å²) < 4.78 is 5.36. The molecule has 1 amide bonds. The monoisotopic (exact) mass is 354 g/mol. The molecule has 1 fully saturated rings. The van der Waals surface area contributed by atoms with Crippen LogP contribution in [0, 0.1) is 0 Å². The third-order valence-corrected chi connectivity index (χ3v) is 4.95. The highest BCUT2D eigenvalue weighted by Crippen LogP contribution is 2.21. The van der Waals surface area contributed by atoms with Crippen LogP contribution in [0.15, 0.2) is 41.9 Å². The maximum atomic E-state index is 12.6. The van der Waals surface area contributed by atoms with Gasteiger partial charge in [0.1, 0.15) is 0 Å². The number of carbonyl (C=O) groups excluding carboxylic acids is 1. The molecule has 2 aromatic heterocycles. The Balaban J connectivity index is 1.47. The second-order valence-electron chi connectivity index (χ2n) is 5.87. The number of pyridine rings is 1. The normalized spacial score (nSPS) is 15.4. The maximum absolute atomic E-state index is 12.6. The first-order valence-electron chi connectivity index (χ1n) is 8.19. The number of carbonyl (C=O) groups is 1. The Labute approximate surface area is 149 Å². The minimum atomic E-state index is -0.184. The summed E-state index contributed by atoms with van der Waals surface area (Å²) >= 11 is 1.45. The quantitative estimate of drug-likeness (QED) is 0.780. The van der Waals surface area contributed by atoms with Crippen molar-refractivity contribution in [2.75, 3.05) is 31.6 Å². The molecule has 1 saturated heterocycles. The molecule has 0 bridgehead atoms. The molecule has 1 aromatic carbocycles. The van der Waals surface area contributed by atoms with Crippen molar-refractivity contribution in [2.45, 2.75) is 6.54 Å². The average molecular weight is 354 g/mol. The van der Waals surface area contributed by atoms with Crippen molar-refractivity contribution in [3.8, 4) is 0 Å². The number of nitrogens with one attached hydrogen (secondary N) is 1. The van der Waals surface area contributed by atoms with E-state index in [1.54, 1.807) is 12.3 Å². The molecule has 3 aromatic rings. The van der Waals surface area contributed by atoms with Crippen LogP contribution in [0.1, 0.15) is 16.1 Å². The van der Waals surface area contributed by atoms with Gasteiger partial charge < -0.3 is 4.74 Å². The van der Waals surface area contributed by atoms with E-state index in [1.807, 2.05) is 29.6 Å². The molecular weight excluding hydrogens is 336 g/mol. The van der Waals surface area contributed by atoms with Crippen molar-refractivity contribution in [3.05, 3.63) is 53.2 Å². The van der Waals surface area contributed by atoms with Gasteiger partial charge in [0.25, 0.3) is 5.91 Å². The van der Waals surface area contributed by atoms with E-state index in [0.717, 1.165) is 43.9 Å². The number of nitrogens with zero attached hydrogens (tertiary/aromatic N) is 3. The second kappa shape index (κ2) is 7.26. The molecule has 25 heavy (non-hydrogen) atoms. The molecule has 1 aliphatic rings. The molecule has 1 N–H and O–H groups in total. The number of thiazole rings is 1. The summed E-state index contributed by atoms with van der Waals surface area (Å²) in [4.78, 5) is 23.8. The van der Waals surface area contributed by atoms with Crippen LogP contribution in [-0.2, 0) is 11.3 Å². The van der Waals surface area contributed by atoms with E-state index in [9.17, 15) is 4.79 Å². The summed E-state index contributed by atoms with van der Waals surface area (Å²) in [7, 11) is 0. The summed E-state index contributed by atoms with van der Waals surface area (Å²) in [6.45, 7) is 4.15. The van der Waals surface area contributed by atoms with Crippen molar-refractivity contribution in [1.82, 2.24) is 14.9 Å². The van der Waals surface area contributed by atoms with Crippen LogP contribution >= 0.6 is 11.3 Å². The number of morpholine rings is 1. The standard InChI is InChI=1S/C18H18N4O2S/c23-17(15-5-1-3-13-4-2-6-19-16(13)15)21-18-20-14(12-25-18)11-22-7-9-24-10-8-22/h1-6,12H,7-11H2,(H,20,21,23). The lowest BCUT2D eigenvalue weighted by Crippen LogP contribution is -2.35. The average Bonchev–Trinajstić information content (AvgIpc) is 3.09. The molecule has 4 rings (SSSR count). The van der Waals surface area contributed by atoms with Gasteiger partial charge >= 0.3 is 0 Å². The molecule has 6 nitrogen and oxygen atoms in total. The number of para-hydroxylation sites is 1. The van der Waals surface area contributed by atoms with Gasteiger partial charge in [-0.2, -0.15) is 0 Å². The first kappa shape index (κ1) is 16.1. The lowest BCUT2D eigenvalue weighted by molar-refractivity contribution is 0.0337. The van der Waals surface area contributed by atoms with Gasteiger partial charge in [-0.3, -0.25) is 20.0 Å². The number of rotatable bonds is 4. The molecule has 0 atom stereocenters. The van der Waals surface area contributed by atoms with E-state index < -0.39 is 0 Å². The van der Waals surface area contributed by atoms with Crippen LogP contribution < -0.4 is 5.32 Å². The summed E-state index contributed by atoms with van der Waals surface area (Å²) in [5, 5.41) is 6.44. The fourth-order valence-electron chi connectivity index (χ4n) is 2.88. The van der Waals surface area contributed by atoms with Gasteiger partial charge in [0.15, 0.2) is 5.13 Å². The van der Waals surface area contributed by atoms with Crippen LogP contribution in [0.5, 0.6) is 0 Å². The number of fused-ring (bicyclic) bond motifs is 1. The Morgan fingerprint density at radius 1 is 1.24 bits per heavy atom. The molecule has 128 valence electrons. The lowest BCUT2D eigenvalue weighted by Gasteiger charge is -2.25. The zero-order valence-electron chi connectivity index (χ0n) is 13.6. The van der Waals surface area contributed by atoms with E-state index in [2.05, 4.69) is 20.2 Å². The van der Waals surface area contributed by atoms with Crippen LogP contribution in [0.4, 0.5) is 5.13 Å². The lowest BCUT2D eigenvalue weighted by atomic mass is 10.1. The summed E-state index contributed by atoms with van der Waals surface area (Å²) in [6.07, 6.45) is 1.70. The topological polar surface area (TPSA) is 67.4 Å². The Kier molecular flexibility index (Phi) is 4.69. The van der Waals surface area contributed by atoms with Gasteiger partial charge in [-0.1, -0.05) is 18.2 Å². The van der Waals surface area contributed by atoms with Crippen molar-refractivity contribution in [3.63, 3.8) is 0 Å². The van der Waals surface area contributed by atoms with Crippen LogP contribution in [0.25, 0.3) is 10.9 Å². The van der Waals surface area contributed by atoms with E-state index in [0.29, 0.717) is 16.2 Å². The van der Waals surface area contributed by atoms with Crippen molar-refractivity contribution in [2.24, 2.45) is 0 Å². The van der Waals surface area contributed by atoms with Crippen LogP contribution in [0.3, 0.4) is 0 Å². The second-order valence-corrected chi connectivity index (χ2v) is 6.73. The first-order valence-corrected chi connectivity index (χ1v) is 9.07. The molecular formula is C18H18N4O2S. The van der Waals surface area contributed by atoms with Crippen LogP contribution in [0.2, 0.25) is 0 Å². The fraction of sp³-hybridized carbons (Fsp3) is 0.278. The van der Waals surface area contributed by atoms with Crippen molar-refractivity contribution in [1.29, 1.82) is 0 Å². The Bertz CT molecular complexity index is 884. The van der Waals surface area contributed by atoms with Gasteiger partial charge in [-0.15, -0.1) is 11.3 Å². The molecule has 3 heterocycles. The number of anilines is 1. The Morgan fingerprint density at radius 2 is 2.08 bits per heavy atom. The molecule has 0 unspecified atom stereocenters. The fourth-order valence-corrected chi connectivity index (χ4v) is 3.57. The number of aromatic nitrogens is 2. The minimum absolute atomic E-state index is 0.184. The highest BCUT2D eigenvalue weighted by atomic mass is 32.1. The molecule has 7 heteroatoms. The van der Waals surface area contributed by atoms with Gasteiger partial charge in [0, 0.05) is 36.6 Å². The molecule has 0 saturated carbocycles. The van der Waals surface area contributed by atoms with E-state index >= 15 is 0 Å². The van der Waals surface area contributed by atoms with Crippen molar-refractivity contribution >= 4 is 33.3 Å². The third-order valence-electron chi connectivity index (χ3n) is 4.14. The summed E-state index contributed by atoms with van der Waals surface area (Å²) in [5.41, 5.74) is 2.23. The zero-order chi connectivity index (χ0) is 17.1. The van der Waals surface area contributed by atoms with Crippen molar-refractivity contribution < 1.29 is 9.53 Å². The van der Waals surface area contributed by atoms with E-state index in [4.69, 9.17) is 4.74 Å².